The molecule has 0 unspecified atom stereocenters. The van der Waals surface area contributed by atoms with Crippen LogP contribution in [0.5, 0.6) is 11.8 Å². The van der Waals surface area contributed by atoms with Gasteiger partial charge in [0.05, 0.1) is 36.7 Å². The van der Waals surface area contributed by atoms with Crippen LogP contribution < -0.4 is 25.4 Å². The van der Waals surface area contributed by atoms with Crippen LogP contribution in [0.25, 0.3) is 11.3 Å². The predicted octanol–water partition coefficient (Wildman–Crippen LogP) is 2.61. The Morgan fingerprint density at radius 1 is 1.24 bits per heavy atom. The molecule has 1 amide bonds. The Morgan fingerprint density at radius 3 is 2.64 bits per heavy atom. The van der Waals surface area contributed by atoms with Crippen molar-refractivity contribution in [2.24, 2.45) is 18.4 Å². The Labute approximate surface area is 241 Å². The number of aromatic nitrogens is 6. The number of alkyl halides is 2. The molecule has 4 heterocycles. The highest BCUT2D eigenvalue weighted by atomic mass is 19.3. The monoisotopic (exact) mass is 582 g/mol. The molecule has 2 aliphatic rings. The van der Waals surface area contributed by atoms with Crippen molar-refractivity contribution in [2.75, 3.05) is 43.5 Å². The second kappa shape index (κ2) is 11.7. The molecule has 1 saturated carbocycles. The lowest BCUT2D eigenvalue weighted by atomic mass is 9.98. The van der Waals surface area contributed by atoms with E-state index in [2.05, 4.69) is 36.3 Å². The molecule has 1 aliphatic heterocycles. The van der Waals surface area contributed by atoms with Gasteiger partial charge in [-0.15, -0.1) is 0 Å². The Morgan fingerprint density at radius 2 is 2.00 bits per heavy atom. The summed E-state index contributed by atoms with van der Waals surface area (Å²) in [5.74, 6) is -3.11. The molecule has 0 bridgehead atoms. The van der Waals surface area contributed by atoms with Crippen molar-refractivity contribution < 1.29 is 23.0 Å². The normalized spacial score (nSPS) is 16.5. The molecule has 13 nitrogen and oxygen atoms in total. The van der Waals surface area contributed by atoms with E-state index in [4.69, 9.17) is 15.2 Å². The van der Waals surface area contributed by atoms with Gasteiger partial charge in [-0.1, -0.05) is 0 Å². The number of nitriles is 1. The van der Waals surface area contributed by atoms with E-state index in [-0.39, 0.29) is 30.3 Å². The largest absolute Gasteiger partial charge is 0.489 e. The van der Waals surface area contributed by atoms with Gasteiger partial charge < -0.3 is 30.0 Å². The maximum Gasteiger partial charge on any atom is 0.322 e. The molecule has 2 fully saturated rings. The summed E-state index contributed by atoms with van der Waals surface area (Å²) in [5.41, 5.74) is 7.03. The van der Waals surface area contributed by atoms with Gasteiger partial charge in [-0.2, -0.15) is 20.2 Å². The summed E-state index contributed by atoms with van der Waals surface area (Å²) in [6.45, 7) is 1.43. The third-order valence-electron chi connectivity index (χ3n) is 7.19. The molecule has 15 heteroatoms. The van der Waals surface area contributed by atoms with E-state index in [1.165, 1.54) is 0 Å². The zero-order valence-electron chi connectivity index (χ0n) is 23.4. The summed E-state index contributed by atoms with van der Waals surface area (Å²) < 4.78 is 40.2. The van der Waals surface area contributed by atoms with E-state index in [0.717, 1.165) is 24.1 Å². The summed E-state index contributed by atoms with van der Waals surface area (Å²) in [4.78, 5) is 35.7. The van der Waals surface area contributed by atoms with Crippen LogP contribution in [0.2, 0.25) is 0 Å². The van der Waals surface area contributed by atoms with E-state index in [0.29, 0.717) is 51.0 Å². The molecule has 0 atom stereocenters. The number of nitrogens with one attached hydrogen (secondary N) is 1. The van der Waals surface area contributed by atoms with Crippen LogP contribution in [0.15, 0.2) is 24.8 Å². The summed E-state index contributed by atoms with van der Waals surface area (Å²) in [6, 6.07) is 3.92. The van der Waals surface area contributed by atoms with Crippen molar-refractivity contribution in [3.63, 3.8) is 0 Å². The smallest absolute Gasteiger partial charge is 0.322 e. The number of pyridine rings is 1. The lowest BCUT2D eigenvalue weighted by molar-refractivity contribution is 0.0219. The minimum atomic E-state index is -3.10. The van der Waals surface area contributed by atoms with Gasteiger partial charge in [-0.25, -0.2) is 18.7 Å². The molecular weight excluding hydrogens is 550 g/mol. The first-order valence-electron chi connectivity index (χ1n) is 13.6. The van der Waals surface area contributed by atoms with Crippen LogP contribution in [-0.2, 0) is 7.05 Å². The van der Waals surface area contributed by atoms with Crippen LogP contribution in [0.3, 0.4) is 0 Å². The molecular formula is C27H32F2N10O3. The zero-order chi connectivity index (χ0) is 29.9. The average molecular weight is 583 g/mol. The predicted molar refractivity (Wildman–Crippen MR) is 147 cm³/mol. The highest BCUT2D eigenvalue weighted by Gasteiger charge is 2.44. The number of nitrogens with zero attached hydrogens (tertiary/aromatic N) is 8. The molecule has 42 heavy (non-hydrogen) atoms. The molecule has 222 valence electrons. The lowest BCUT2D eigenvalue weighted by Crippen LogP contribution is -2.38. The first kappa shape index (κ1) is 28.9. The molecule has 3 aromatic heterocycles. The van der Waals surface area contributed by atoms with E-state index >= 15 is 0 Å². The maximum absolute atomic E-state index is 13.3. The van der Waals surface area contributed by atoms with E-state index in [9.17, 15) is 18.8 Å². The van der Waals surface area contributed by atoms with Crippen LogP contribution in [-0.4, -0.2) is 74.2 Å². The molecule has 3 aromatic rings. The van der Waals surface area contributed by atoms with Gasteiger partial charge in [-0.3, -0.25) is 4.79 Å². The number of carbonyl (C=O) groups excluding carboxylic acids is 1. The first-order valence-corrected chi connectivity index (χ1v) is 13.6. The highest BCUT2D eigenvalue weighted by molar-refractivity contribution is 5.90. The van der Waals surface area contributed by atoms with Gasteiger partial charge in [-0.05, 0) is 37.7 Å². The standard InChI is InChI=1S/C27H32F2N10O3/c1-26(28,29)14-33-23(40)22-35-24(37-25(36-22)42-15-27(13-30)5-6-27)39-7-3-17(4-8-39)12-41-20-9-18(10-32-21(20)31)19-11-38(2)16-34-19/h9-11,16-17H,3-8,12,14-15H2,1-2H3,(H2,31,32)(H,33,40). The molecule has 0 aromatic carbocycles. The van der Waals surface area contributed by atoms with Gasteiger partial charge in [0.15, 0.2) is 11.6 Å². The fourth-order valence-electron chi connectivity index (χ4n) is 4.39. The number of hydrogen-bond acceptors (Lipinski definition) is 11. The van der Waals surface area contributed by atoms with Gasteiger partial charge in [0.2, 0.25) is 11.8 Å². The number of rotatable bonds is 11. The lowest BCUT2D eigenvalue weighted by Gasteiger charge is -2.32. The van der Waals surface area contributed by atoms with Gasteiger partial charge in [0.1, 0.15) is 6.61 Å². The molecule has 1 aliphatic carbocycles. The number of halogens is 2. The second-order valence-corrected chi connectivity index (χ2v) is 10.9. The number of piperidine rings is 1. The van der Waals surface area contributed by atoms with Crippen molar-refractivity contribution >= 4 is 17.7 Å². The number of ether oxygens (including phenoxy) is 2. The zero-order valence-corrected chi connectivity index (χ0v) is 23.4. The van der Waals surface area contributed by atoms with Gasteiger partial charge >= 0.3 is 6.01 Å². The third kappa shape index (κ3) is 7.17. The molecule has 3 N–H and O–H groups in total. The quantitative estimate of drug-likeness (QED) is 0.341. The van der Waals surface area contributed by atoms with Gasteiger partial charge in [0.25, 0.3) is 11.8 Å². The molecule has 5 rings (SSSR count). The third-order valence-corrected chi connectivity index (χ3v) is 7.19. The minimum Gasteiger partial charge on any atom is -0.489 e. The van der Waals surface area contributed by atoms with Gasteiger partial charge in [0, 0.05) is 45.0 Å². The van der Waals surface area contributed by atoms with Crippen molar-refractivity contribution in [1.29, 1.82) is 5.26 Å². The number of aryl methyl sites for hydroxylation is 1. The van der Waals surface area contributed by atoms with Crippen LogP contribution in [0.4, 0.5) is 20.5 Å². The second-order valence-electron chi connectivity index (χ2n) is 10.9. The minimum absolute atomic E-state index is 0.0694. The number of hydrogen-bond donors (Lipinski definition) is 2. The first-order chi connectivity index (χ1) is 20.0. The highest BCUT2D eigenvalue weighted by Crippen LogP contribution is 2.44. The summed E-state index contributed by atoms with van der Waals surface area (Å²) in [5, 5.41) is 11.5. The van der Waals surface area contributed by atoms with Crippen molar-refractivity contribution in [3.8, 4) is 29.1 Å². The molecule has 0 spiro atoms. The number of nitrogen functional groups attached to an aromatic ring is 1. The molecule has 0 radical (unpaired) electrons. The van der Waals surface area contributed by atoms with E-state index < -0.39 is 23.8 Å². The van der Waals surface area contributed by atoms with Crippen molar-refractivity contribution in [3.05, 3.63) is 30.6 Å². The number of amides is 1. The summed E-state index contributed by atoms with van der Waals surface area (Å²) in [6.07, 6.45) is 8.11. The summed E-state index contributed by atoms with van der Waals surface area (Å²) >= 11 is 0. The van der Waals surface area contributed by atoms with E-state index in [1.807, 2.05) is 28.8 Å². The average Bonchev–Trinajstić information content (AvgIpc) is 3.64. The topological polar surface area (TPSA) is 170 Å². The van der Waals surface area contributed by atoms with Crippen molar-refractivity contribution in [1.82, 2.24) is 34.8 Å². The van der Waals surface area contributed by atoms with Crippen LogP contribution in [0, 0.1) is 22.7 Å². The maximum atomic E-state index is 13.3. The summed E-state index contributed by atoms with van der Waals surface area (Å²) in [7, 11) is 1.89. The number of imidazole rings is 1. The molecule has 1 saturated heterocycles. The Balaban J connectivity index is 1.23. The Hall–Kier alpha value is -4.61. The Kier molecular flexibility index (Phi) is 8.06. The van der Waals surface area contributed by atoms with Crippen molar-refractivity contribution in [2.45, 2.75) is 38.5 Å². The number of anilines is 2. The van der Waals surface area contributed by atoms with Crippen LogP contribution >= 0.6 is 0 Å². The SMILES string of the molecule is Cn1cnc(-c2cnc(N)c(OCC3CCN(c4nc(OCC5(C#N)CC5)nc(C(=O)NCC(C)(F)F)n4)CC3)c2)c1. The van der Waals surface area contributed by atoms with E-state index in [1.54, 1.807) is 12.5 Å². The number of nitrogens with two attached hydrogens (primary N) is 1. The van der Waals surface area contributed by atoms with Crippen LogP contribution in [0.1, 0.15) is 43.2 Å². The Bertz CT molecular complexity index is 1470. The number of carbonyl (C=O) groups is 1. The fraction of sp³-hybridized carbons (Fsp3) is 0.519. The fourth-order valence-corrected chi connectivity index (χ4v) is 4.39.